The van der Waals surface area contributed by atoms with Crippen LogP contribution in [0.4, 0.5) is 5.69 Å². The lowest BCUT2D eigenvalue weighted by Crippen LogP contribution is -2.35. The van der Waals surface area contributed by atoms with E-state index in [2.05, 4.69) is 5.32 Å². The van der Waals surface area contributed by atoms with Crippen molar-refractivity contribution in [2.75, 3.05) is 24.8 Å². The van der Waals surface area contributed by atoms with Crippen molar-refractivity contribution in [3.8, 4) is 0 Å². The summed E-state index contributed by atoms with van der Waals surface area (Å²) < 4.78 is 0. The molecule has 1 aromatic rings. The Labute approximate surface area is 118 Å². The van der Waals surface area contributed by atoms with Crippen LogP contribution in [0.5, 0.6) is 0 Å². The zero-order valence-corrected chi connectivity index (χ0v) is 12.0. The molecule has 0 aliphatic rings. The van der Waals surface area contributed by atoms with Crippen LogP contribution in [-0.4, -0.2) is 36.2 Å². The van der Waals surface area contributed by atoms with Gasteiger partial charge in [0.25, 0.3) is 0 Å². The molecule has 5 heteroatoms. The zero-order chi connectivity index (χ0) is 14.3. The second-order valence-electron chi connectivity index (χ2n) is 4.25. The first-order chi connectivity index (χ1) is 9.08. The van der Waals surface area contributed by atoms with Crippen molar-refractivity contribution < 1.29 is 9.59 Å². The lowest BCUT2D eigenvalue weighted by molar-refractivity contribution is -0.132. The van der Waals surface area contributed by atoms with Gasteiger partial charge >= 0.3 is 0 Å². The SMILES string of the molecule is CCc1ccccc1NC(=O)CN(C)C(=O)CCCl. The van der Waals surface area contributed by atoms with E-state index in [0.717, 1.165) is 17.7 Å². The highest BCUT2D eigenvalue weighted by molar-refractivity contribution is 6.18. The maximum atomic E-state index is 11.9. The molecule has 2 amide bonds. The van der Waals surface area contributed by atoms with Crippen LogP contribution < -0.4 is 5.32 Å². The van der Waals surface area contributed by atoms with Gasteiger partial charge in [-0.2, -0.15) is 0 Å². The Kier molecular flexibility index (Phi) is 6.36. The maximum absolute atomic E-state index is 11.9. The molecule has 104 valence electrons. The number of para-hydroxylation sites is 1. The zero-order valence-electron chi connectivity index (χ0n) is 11.3. The van der Waals surface area contributed by atoms with Crippen molar-refractivity contribution in [1.82, 2.24) is 4.90 Å². The molecular formula is C14H19ClN2O2. The standard InChI is InChI=1S/C14H19ClN2O2/c1-3-11-6-4-5-7-12(11)16-13(18)10-17(2)14(19)8-9-15/h4-7H,3,8-10H2,1-2H3,(H,16,18). The number of halogens is 1. The fourth-order valence-corrected chi connectivity index (χ4v) is 1.88. The molecule has 0 fully saturated rings. The predicted molar refractivity (Wildman–Crippen MR) is 77.4 cm³/mol. The summed E-state index contributed by atoms with van der Waals surface area (Å²) in [5, 5.41) is 2.82. The summed E-state index contributed by atoms with van der Waals surface area (Å²) in [7, 11) is 1.60. The fraction of sp³-hybridized carbons (Fsp3) is 0.429. The number of hydrogen-bond acceptors (Lipinski definition) is 2. The largest absolute Gasteiger partial charge is 0.336 e. The van der Waals surface area contributed by atoms with E-state index in [-0.39, 0.29) is 30.7 Å². The number of carbonyl (C=O) groups excluding carboxylic acids is 2. The number of hydrogen-bond donors (Lipinski definition) is 1. The van der Waals surface area contributed by atoms with Gasteiger partial charge in [0.15, 0.2) is 0 Å². The van der Waals surface area contributed by atoms with E-state index >= 15 is 0 Å². The molecular weight excluding hydrogens is 264 g/mol. The number of carbonyl (C=O) groups is 2. The summed E-state index contributed by atoms with van der Waals surface area (Å²) in [4.78, 5) is 24.8. The second kappa shape index (κ2) is 7.79. The average Bonchev–Trinajstić information content (AvgIpc) is 2.39. The minimum Gasteiger partial charge on any atom is -0.336 e. The minimum absolute atomic E-state index is 0.0355. The lowest BCUT2D eigenvalue weighted by Gasteiger charge is -2.17. The monoisotopic (exact) mass is 282 g/mol. The molecule has 0 aliphatic carbocycles. The highest BCUT2D eigenvalue weighted by Gasteiger charge is 2.13. The Hall–Kier alpha value is -1.55. The maximum Gasteiger partial charge on any atom is 0.243 e. The van der Waals surface area contributed by atoms with Crippen molar-refractivity contribution >= 4 is 29.1 Å². The molecule has 1 aromatic carbocycles. The third kappa shape index (κ3) is 4.91. The van der Waals surface area contributed by atoms with Gasteiger partial charge in [-0.3, -0.25) is 9.59 Å². The van der Waals surface area contributed by atoms with E-state index in [4.69, 9.17) is 11.6 Å². The highest BCUT2D eigenvalue weighted by atomic mass is 35.5. The Balaban J connectivity index is 2.58. The Morgan fingerprint density at radius 1 is 1.32 bits per heavy atom. The second-order valence-corrected chi connectivity index (χ2v) is 4.63. The van der Waals surface area contributed by atoms with E-state index in [0.29, 0.717) is 0 Å². The molecule has 0 aliphatic heterocycles. The van der Waals surface area contributed by atoms with Crippen molar-refractivity contribution in [3.05, 3.63) is 29.8 Å². The summed E-state index contributed by atoms with van der Waals surface area (Å²) >= 11 is 5.50. The van der Waals surface area contributed by atoms with Gasteiger partial charge in [0.05, 0.1) is 6.54 Å². The topological polar surface area (TPSA) is 49.4 Å². The number of aryl methyl sites for hydroxylation is 1. The molecule has 0 radical (unpaired) electrons. The van der Waals surface area contributed by atoms with E-state index in [9.17, 15) is 9.59 Å². The number of likely N-dealkylation sites (N-methyl/N-ethyl adjacent to an activating group) is 1. The fourth-order valence-electron chi connectivity index (χ4n) is 1.72. The Morgan fingerprint density at radius 2 is 2.00 bits per heavy atom. The molecule has 0 aromatic heterocycles. The molecule has 1 rings (SSSR count). The first-order valence-electron chi connectivity index (χ1n) is 6.26. The normalized spacial score (nSPS) is 10.1. The van der Waals surface area contributed by atoms with Gasteiger partial charge in [-0.25, -0.2) is 0 Å². The first-order valence-corrected chi connectivity index (χ1v) is 6.79. The summed E-state index contributed by atoms with van der Waals surface area (Å²) in [6.07, 6.45) is 1.09. The third-order valence-corrected chi connectivity index (χ3v) is 2.98. The van der Waals surface area contributed by atoms with E-state index in [1.807, 2.05) is 31.2 Å². The van der Waals surface area contributed by atoms with Crippen molar-refractivity contribution in [2.24, 2.45) is 0 Å². The number of benzene rings is 1. The smallest absolute Gasteiger partial charge is 0.243 e. The van der Waals surface area contributed by atoms with E-state index in [1.54, 1.807) is 7.05 Å². The minimum atomic E-state index is -0.202. The van der Waals surface area contributed by atoms with Gasteiger partial charge in [0.1, 0.15) is 0 Å². The van der Waals surface area contributed by atoms with Crippen molar-refractivity contribution in [3.63, 3.8) is 0 Å². The van der Waals surface area contributed by atoms with Gasteiger partial charge in [-0.15, -0.1) is 11.6 Å². The van der Waals surface area contributed by atoms with Gasteiger partial charge in [-0.05, 0) is 18.1 Å². The van der Waals surface area contributed by atoms with Crippen molar-refractivity contribution in [2.45, 2.75) is 19.8 Å². The van der Waals surface area contributed by atoms with Crippen LogP contribution in [0.2, 0.25) is 0 Å². The first kappa shape index (κ1) is 15.5. The molecule has 1 N–H and O–H groups in total. The Morgan fingerprint density at radius 3 is 2.63 bits per heavy atom. The van der Waals surface area contributed by atoms with Crippen LogP contribution in [0, 0.1) is 0 Å². The number of alkyl halides is 1. The Bertz CT molecular complexity index is 449. The number of anilines is 1. The molecule has 0 bridgehead atoms. The molecule has 0 saturated heterocycles. The highest BCUT2D eigenvalue weighted by Crippen LogP contribution is 2.15. The number of nitrogens with one attached hydrogen (secondary N) is 1. The van der Waals surface area contributed by atoms with E-state index < -0.39 is 0 Å². The summed E-state index contributed by atoms with van der Waals surface area (Å²) in [6.45, 7) is 2.06. The molecule has 0 saturated carbocycles. The molecule has 0 spiro atoms. The van der Waals surface area contributed by atoms with Crippen LogP contribution in [0.25, 0.3) is 0 Å². The summed E-state index contributed by atoms with van der Waals surface area (Å²) in [5.74, 6) is -0.0658. The van der Waals surface area contributed by atoms with Gasteiger partial charge in [0, 0.05) is 25.0 Å². The third-order valence-electron chi connectivity index (χ3n) is 2.79. The molecule has 19 heavy (non-hydrogen) atoms. The van der Waals surface area contributed by atoms with Crippen molar-refractivity contribution in [1.29, 1.82) is 0 Å². The van der Waals surface area contributed by atoms with Gasteiger partial charge in [0.2, 0.25) is 11.8 Å². The average molecular weight is 283 g/mol. The molecule has 0 atom stereocenters. The number of nitrogens with zero attached hydrogens (tertiary/aromatic N) is 1. The van der Waals surface area contributed by atoms with Crippen LogP contribution in [0.15, 0.2) is 24.3 Å². The molecule has 4 nitrogen and oxygen atoms in total. The van der Waals surface area contributed by atoms with Crippen LogP contribution >= 0.6 is 11.6 Å². The van der Waals surface area contributed by atoms with Crippen LogP contribution in [0.3, 0.4) is 0 Å². The quantitative estimate of drug-likeness (QED) is 0.814. The van der Waals surface area contributed by atoms with Crippen LogP contribution in [-0.2, 0) is 16.0 Å². The predicted octanol–water partition coefficient (Wildman–Crippen LogP) is 2.27. The van der Waals surface area contributed by atoms with Crippen LogP contribution in [0.1, 0.15) is 18.9 Å². The number of amides is 2. The number of rotatable bonds is 6. The summed E-state index contributed by atoms with van der Waals surface area (Å²) in [6, 6.07) is 7.64. The van der Waals surface area contributed by atoms with Gasteiger partial charge in [-0.1, -0.05) is 25.1 Å². The lowest BCUT2D eigenvalue weighted by atomic mass is 10.1. The molecule has 0 unspecified atom stereocenters. The molecule has 0 heterocycles. The van der Waals surface area contributed by atoms with Gasteiger partial charge < -0.3 is 10.2 Å². The van der Waals surface area contributed by atoms with E-state index in [1.165, 1.54) is 4.90 Å². The summed E-state index contributed by atoms with van der Waals surface area (Å²) in [5.41, 5.74) is 1.87.